The Balaban J connectivity index is 0.00000296. The molecule has 4 heterocycles. The molecule has 2 aromatic heterocycles. The van der Waals surface area contributed by atoms with Crippen LogP contribution in [0.1, 0.15) is 11.1 Å². The molecule has 26 nitrogen and oxygen atoms in total. The fraction of sp³-hybridized carbons (Fsp3) is 0.200. The normalized spacial score (nSPS) is 14.1. The zero-order valence-corrected chi connectivity index (χ0v) is 51.1. The van der Waals surface area contributed by atoms with Gasteiger partial charge in [0, 0.05) is 48.9 Å². The summed E-state index contributed by atoms with van der Waals surface area (Å²) in [5.74, 6) is 0.0737. The van der Waals surface area contributed by atoms with E-state index in [0.717, 1.165) is 48.6 Å². The van der Waals surface area contributed by atoms with E-state index in [1.54, 1.807) is 9.80 Å². The number of nitrogens with one attached hydrogen (secondary N) is 4. The fourth-order valence-electron chi connectivity index (χ4n) is 6.80. The molecular weight excluding hydrogens is 1090 g/mol. The minimum absolute atomic E-state index is 0. The van der Waals surface area contributed by atoms with Gasteiger partial charge < -0.3 is 58.8 Å². The molecule has 0 amide bonds. The van der Waals surface area contributed by atoms with Crippen molar-refractivity contribution in [3.05, 3.63) is 96.1 Å². The average molecular weight is 1130 g/mol. The second-order valence-electron chi connectivity index (χ2n) is 15.0. The van der Waals surface area contributed by atoms with E-state index < -0.39 is 60.1 Å². The Morgan fingerprint density at radius 1 is 0.405 bits per heavy atom. The Bertz CT molecular complexity index is 3210. The topological polar surface area (TPSA) is 379 Å². The molecule has 8 rings (SSSR count). The maximum atomic E-state index is 12.7. The first-order chi connectivity index (χ1) is 33.1. The molecule has 0 bridgehead atoms. The largest absolute Gasteiger partial charge is 1.00 e. The van der Waals surface area contributed by atoms with Gasteiger partial charge in [-0.25, -0.2) is 33.7 Å². The summed E-state index contributed by atoms with van der Waals surface area (Å²) in [4.78, 5) is 27.7. The molecule has 368 valence electrons. The van der Waals surface area contributed by atoms with Crippen LogP contribution in [-0.4, -0.2) is 134 Å². The Morgan fingerprint density at radius 2 is 0.689 bits per heavy atom. The van der Waals surface area contributed by atoms with E-state index in [-0.39, 0.29) is 176 Å². The number of anilines is 10. The molecular formula is C40H36N12Na4O14S4. The second kappa shape index (κ2) is 27.0. The van der Waals surface area contributed by atoms with E-state index in [0.29, 0.717) is 64.0 Å². The summed E-state index contributed by atoms with van der Waals surface area (Å²) in [6, 6.07) is 17.0. The molecule has 34 heteroatoms. The number of rotatable bonds is 16. The molecule has 2 saturated heterocycles. The number of ether oxygens (including phenoxy) is 2. The van der Waals surface area contributed by atoms with Crippen LogP contribution in [0.2, 0.25) is 0 Å². The van der Waals surface area contributed by atoms with E-state index in [1.165, 1.54) is 48.5 Å². The van der Waals surface area contributed by atoms with E-state index in [9.17, 15) is 51.9 Å². The standard InChI is InChI=1S/C40H40N12O14S4.4Na/c53-67(54,55)31-11-7-27(8-12-31)41-35-45-37(49-39(47-35)51-15-19-65-20-16-51)43-29-5-3-25(33(23-29)69(59,60)61)1-2-26-4-6-30(24-34(26)70(62,63)64)44-38-46-36(48-40(50-38)52-17-21-66-22-18-52)42-28-9-13-32(14-10-28)68(56,57)58;;;;/h1-14,23-24H,15-22H2,(H,53,54,55)(H,56,57,58)(H,59,60,61)(H,62,63,64)(H2,41,43,45,47,49)(H2,42,44,46,48,50);;;;/q;4*+1/p-4/b2-1+;;;;. The van der Waals surface area contributed by atoms with Gasteiger partial charge in [0.2, 0.25) is 35.7 Å². The third-order valence-corrected chi connectivity index (χ3v) is 13.6. The molecule has 0 spiro atoms. The van der Waals surface area contributed by atoms with Crippen LogP contribution in [0.25, 0.3) is 12.2 Å². The van der Waals surface area contributed by atoms with Gasteiger partial charge in [0.25, 0.3) is 0 Å². The zero-order chi connectivity index (χ0) is 49.8. The van der Waals surface area contributed by atoms with Crippen molar-refractivity contribution in [2.45, 2.75) is 19.6 Å². The Labute approximate surface area is 513 Å². The first kappa shape index (κ1) is 63.5. The van der Waals surface area contributed by atoms with Gasteiger partial charge >= 0.3 is 118 Å². The summed E-state index contributed by atoms with van der Waals surface area (Å²) >= 11 is 0. The molecule has 0 saturated carbocycles. The Hall–Kier alpha value is -3.00. The van der Waals surface area contributed by atoms with Crippen LogP contribution in [0.4, 0.5) is 58.4 Å². The Kier molecular flexibility index (Phi) is 23.2. The number of aromatic nitrogens is 6. The van der Waals surface area contributed by atoms with Crippen LogP contribution in [0.3, 0.4) is 0 Å². The van der Waals surface area contributed by atoms with Crippen molar-refractivity contribution < 1.29 is 180 Å². The zero-order valence-electron chi connectivity index (χ0n) is 39.8. The van der Waals surface area contributed by atoms with Crippen molar-refractivity contribution in [3.8, 4) is 0 Å². The number of hydrogen-bond acceptors (Lipinski definition) is 26. The van der Waals surface area contributed by atoms with Crippen molar-refractivity contribution >= 4 is 111 Å². The molecule has 0 atom stereocenters. The van der Waals surface area contributed by atoms with Gasteiger partial charge in [-0.05, 0) is 83.9 Å². The first-order valence-electron chi connectivity index (χ1n) is 20.4. The second-order valence-corrected chi connectivity index (χ2v) is 20.4. The predicted octanol–water partition coefficient (Wildman–Crippen LogP) is -9.49. The van der Waals surface area contributed by atoms with Crippen LogP contribution in [0.5, 0.6) is 0 Å². The fourth-order valence-corrected chi connectivity index (χ4v) is 9.13. The maximum Gasteiger partial charge on any atom is 1.00 e. The quantitative estimate of drug-likeness (QED) is 0.0397. The molecule has 2 aliphatic rings. The van der Waals surface area contributed by atoms with Gasteiger partial charge in [0.05, 0.1) is 46.0 Å². The molecule has 4 N–H and O–H groups in total. The van der Waals surface area contributed by atoms with Gasteiger partial charge in [-0.1, -0.05) is 24.3 Å². The van der Waals surface area contributed by atoms with Gasteiger partial charge in [0.1, 0.15) is 40.5 Å². The van der Waals surface area contributed by atoms with Gasteiger partial charge in [-0.15, -0.1) is 0 Å². The average Bonchev–Trinajstić information content (AvgIpc) is 3.31. The molecule has 0 aliphatic carbocycles. The SMILES string of the molecule is O=S(=O)([O-])c1ccc(Nc2nc(Nc3ccc(/C=C/c4ccc(Nc5nc(Nc6ccc(S(=O)(=O)[O-])cc6)nc(N6CCOCC6)n5)cc4S(=O)(=O)[O-])c(S(=O)(=O)[O-])c3)nc(N3CCOCC3)n2)cc1.[Na+].[Na+].[Na+].[Na+]. The molecule has 2 aliphatic heterocycles. The van der Waals surface area contributed by atoms with Crippen molar-refractivity contribution in [1.82, 2.24) is 29.9 Å². The van der Waals surface area contributed by atoms with Crippen LogP contribution < -0.4 is 149 Å². The third kappa shape index (κ3) is 17.2. The molecule has 0 unspecified atom stereocenters. The molecule has 6 aromatic rings. The van der Waals surface area contributed by atoms with Crippen molar-refractivity contribution in [1.29, 1.82) is 0 Å². The number of benzene rings is 4. The number of hydrogen-bond donors (Lipinski definition) is 4. The van der Waals surface area contributed by atoms with Crippen molar-refractivity contribution in [2.75, 3.05) is 83.7 Å². The minimum atomic E-state index is -5.22. The summed E-state index contributed by atoms with van der Waals surface area (Å²) in [5, 5.41) is 11.5. The summed E-state index contributed by atoms with van der Waals surface area (Å²) < 4.78 is 155. The summed E-state index contributed by atoms with van der Waals surface area (Å²) in [5.41, 5.74) is 0.306. The molecule has 2 fully saturated rings. The van der Waals surface area contributed by atoms with Crippen LogP contribution in [-0.2, 0) is 49.9 Å². The monoisotopic (exact) mass is 1130 g/mol. The minimum Gasteiger partial charge on any atom is -0.744 e. The van der Waals surface area contributed by atoms with Gasteiger partial charge in [-0.2, -0.15) is 29.9 Å². The Morgan fingerprint density at radius 3 is 0.973 bits per heavy atom. The summed E-state index contributed by atoms with van der Waals surface area (Å²) in [7, 11) is -19.9. The third-order valence-electron chi connectivity index (χ3n) is 10.2. The number of nitrogens with zero attached hydrogens (tertiary/aromatic N) is 8. The van der Waals surface area contributed by atoms with E-state index in [1.807, 2.05) is 0 Å². The summed E-state index contributed by atoms with van der Waals surface area (Å²) in [6.07, 6.45) is 2.27. The molecule has 74 heavy (non-hydrogen) atoms. The van der Waals surface area contributed by atoms with E-state index >= 15 is 0 Å². The first-order valence-corrected chi connectivity index (χ1v) is 26.0. The van der Waals surface area contributed by atoms with E-state index in [2.05, 4.69) is 51.2 Å². The smallest absolute Gasteiger partial charge is 0.744 e. The maximum absolute atomic E-state index is 12.7. The van der Waals surface area contributed by atoms with Crippen LogP contribution >= 0.6 is 0 Å². The predicted molar refractivity (Wildman–Crippen MR) is 245 cm³/mol. The van der Waals surface area contributed by atoms with E-state index in [4.69, 9.17) is 9.47 Å². The van der Waals surface area contributed by atoms with Gasteiger partial charge in [0.15, 0.2) is 0 Å². The van der Waals surface area contributed by atoms with Gasteiger partial charge in [-0.3, -0.25) is 0 Å². The van der Waals surface area contributed by atoms with Crippen LogP contribution in [0.15, 0.2) is 105 Å². The summed E-state index contributed by atoms with van der Waals surface area (Å²) in [6.45, 7) is 3.09. The van der Waals surface area contributed by atoms with Crippen molar-refractivity contribution in [2.24, 2.45) is 0 Å². The number of morpholine rings is 2. The molecule has 4 aromatic carbocycles. The van der Waals surface area contributed by atoms with Crippen molar-refractivity contribution in [3.63, 3.8) is 0 Å². The molecule has 0 radical (unpaired) electrons. The van der Waals surface area contributed by atoms with Crippen LogP contribution in [0, 0.1) is 0 Å².